The van der Waals surface area contributed by atoms with Gasteiger partial charge in [-0.15, -0.1) is 0 Å². The van der Waals surface area contributed by atoms with E-state index in [0.717, 1.165) is 0 Å². The van der Waals surface area contributed by atoms with E-state index in [0.29, 0.717) is 16.6 Å². The Kier molecular flexibility index (Phi) is 2.56. The van der Waals surface area contributed by atoms with Crippen LogP contribution >= 0.6 is 0 Å². The van der Waals surface area contributed by atoms with Gasteiger partial charge in [0.25, 0.3) is 5.56 Å². The third-order valence-corrected chi connectivity index (χ3v) is 3.11. The van der Waals surface area contributed by atoms with Gasteiger partial charge in [0, 0.05) is 10.9 Å². The van der Waals surface area contributed by atoms with Crippen molar-refractivity contribution in [2.24, 2.45) is 0 Å². The minimum Gasteiger partial charge on any atom is -0.398 e. The van der Waals surface area contributed by atoms with Crippen LogP contribution in [0.3, 0.4) is 0 Å². The van der Waals surface area contributed by atoms with Gasteiger partial charge in [0.05, 0.1) is 16.8 Å². The van der Waals surface area contributed by atoms with E-state index in [4.69, 9.17) is 5.73 Å². The Labute approximate surface area is 108 Å². The number of aromatic nitrogens is 1. The van der Waals surface area contributed by atoms with Gasteiger partial charge in [0.15, 0.2) is 0 Å². The molecule has 0 aliphatic rings. The molecule has 0 radical (unpaired) electrons. The molecule has 0 fully saturated rings. The largest absolute Gasteiger partial charge is 0.398 e. The lowest BCUT2D eigenvalue weighted by molar-refractivity contribution is 0.631. The van der Waals surface area contributed by atoms with Gasteiger partial charge < -0.3 is 10.7 Å². The second-order valence-corrected chi connectivity index (χ2v) is 4.27. The van der Waals surface area contributed by atoms with E-state index in [1.165, 1.54) is 6.07 Å². The quantitative estimate of drug-likeness (QED) is 0.701. The minimum absolute atomic E-state index is 0.178. The summed E-state index contributed by atoms with van der Waals surface area (Å²) in [6.07, 6.45) is 0. The van der Waals surface area contributed by atoms with Crippen molar-refractivity contribution in [3.05, 3.63) is 64.7 Å². The highest BCUT2D eigenvalue weighted by molar-refractivity contribution is 5.97. The molecule has 0 saturated heterocycles. The molecular weight excluding hydrogens is 243 g/mol. The minimum atomic E-state index is -0.463. The van der Waals surface area contributed by atoms with E-state index >= 15 is 0 Å². The molecule has 1 aromatic heterocycles. The van der Waals surface area contributed by atoms with Gasteiger partial charge in [0.2, 0.25) is 0 Å². The molecule has 94 valence electrons. The van der Waals surface area contributed by atoms with Crippen LogP contribution in [0.15, 0.2) is 53.3 Å². The lowest BCUT2D eigenvalue weighted by Gasteiger charge is -2.09. The Morgan fingerprint density at radius 2 is 1.68 bits per heavy atom. The highest BCUT2D eigenvalue weighted by Crippen LogP contribution is 2.29. The third-order valence-electron chi connectivity index (χ3n) is 3.11. The van der Waals surface area contributed by atoms with Crippen molar-refractivity contribution in [3.63, 3.8) is 0 Å². The Balaban J connectivity index is 2.43. The number of anilines is 1. The zero-order chi connectivity index (χ0) is 13.4. The third kappa shape index (κ3) is 1.78. The first-order valence-corrected chi connectivity index (χ1v) is 5.84. The Hall–Kier alpha value is -2.62. The first kappa shape index (κ1) is 11.5. The summed E-state index contributed by atoms with van der Waals surface area (Å²) in [5, 5.41) is 0.709. The van der Waals surface area contributed by atoms with Gasteiger partial charge in [0.1, 0.15) is 5.82 Å². The van der Waals surface area contributed by atoms with Gasteiger partial charge in [-0.05, 0) is 12.1 Å². The summed E-state index contributed by atoms with van der Waals surface area (Å²) in [5.74, 6) is -0.463. The molecule has 0 aliphatic heterocycles. The summed E-state index contributed by atoms with van der Waals surface area (Å²) < 4.78 is 13.8. The average molecular weight is 254 g/mol. The molecular formula is C15H11FN2O. The number of hydrogen-bond acceptors (Lipinski definition) is 2. The lowest BCUT2D eigenvalue weighted by atomic mass is 10.0. The second kappa shape index (κ2) is 4.24. The molecule has 0 spiro atoms. The van der Waals surface area contributed by atoms with Gasteiger partial charge >= 0.3 is 0 Å². The number of benzene rings is 2. The van der Waals surface area contributed by atoms with Crippen LogP contribution in [0.2, 0.25) is 0 Å². The highest BCUT2D eigenvalue weighted by atomic mass is 19.1. The summed E-state index contributed by atoms with van der Waals surface area (Å²) in [5.41, 5.74) is 6.98. The van der Waals surface area contributed by atoms with Gasteiger partial charge in [-0.1, -0.05) is 36.4 Å². The molecule has 19 heavy (non-hydrogen) atoms. The van der Waals surface area contributed by atoms with Crippen molar-refractivity contribution in [2.45, 2.75) is 0 Å². The van der Waals surface area contributed by atoms with Gasteiger partial charge in [-0.3, -0.25) is 4.79 Å². The fraction of sp³-hybridized carbons (Fsp3) is 0. The van der Waals surface area contributed by atoms with E-state index in [-0.39, 0.29) is 16.7 Å². The Bertz CT molecular complexity index is 824. The highest BCUT2D eigenvalue weighted by Gasteiger charge is 2.14. The summed E-state index contributed by atoms with van der Waals surface area (Å²) in [4.78, 5) is 14.8. The van der Waals surface area contributed by atoms with Crippen LogP contribution in [0, 0.1) is 5.82 Å². The molecule has 2 aromatic carbocycles. The predicted molar refractivity (Wildman–Crippen MR) is 74.4 cm³/mol. The summed E-state index contributed by atoms with van der Waals surface area (Å²) in [6.45, 7) is 0. The van der Waals surface area contributed by atoms with E-state index in [1.807, 2.05) is 6.07 Å². The van der Waals surface area contributed by atoms with Crippen LogP contribution in [0.4, 0.5) is 10.1 Å². The normalized spacial score (nSPS) is 10.8. The molecule has 0 aliphatic carbocycles. The summed E-state index contributed by atoms with van der Waals surface area (Å²) in [7, 11) is 0. The zero-order valence-electron chi connectivity index (χ0n) is 9.98. The molecule has 3 aromatic rings. The Morgan fingerprint density at radius 3 is 2.47 bits per heavy atom. The fourth-order valence-corrected chi connectivity index (χ4v) is 2.20. The lowest BCUT2D eigenvalue weighted by Crippen LogP contribution is -2.13. The van der Waals surface area contributed by atoms with Gasteiger partial charge in [-0.25, -0.2) is 4.39 Å². The van der Waals surface area contributed by atoms with E-state index in [9.17, 15) is 9.18 Å². The number of H-pyrrole nitrogens is 1. The first-order chi connectivity index (χ1) is 9.18. The number of para-hydroxylation sites is 1. The number of pyridine rings is 1. The van der Waals surface area contributed by atoms with Crippen LogP contribution < -0.4 is 11.3 Å². The second-order valence-electron chi connectivity index (χ2n) is 4.27. The molecule has 0 amide bonds. The number of aromatic amines is 1. The predicted octanol–water partition coefficient (Wildman–Crippen LogP) is 2.92. The van der Waals surface area contributed by atoms with Crippen LogP contribution in [-0.2, 0) is 0 Å². The van der Waals surface area contributed by atoms with E-state index in [2.05, 4.69) is 4.98 Å². The van der Waals surface area contributed by atoms with Crippen molar-refractivity contribution in [2.75, 3.05) is 5.73 Å². The Morgan fingerprint density at radius 1 is 1.00 bits per heavy atom. The van der Waals surface area contributed by atoms with E-state index < -0.39 is 5.82 Å². The fourth-order valence-electron chi connectivity index (χ4n) is 2.20. The number of hydrogen-bond donors (Lipinski definition) is 2. The van der Waals surface area contributed by atoms with Crippen molar-refractivity contribution in [1.29, 1.82) is 0 Å². The molecule has 3 N–H and O–H groups in total. The topological polar surface area (TPSA) is 58.9 Å². The smallest absolute Gasteiger partial charge is 0.258 e. The zero-order valence-corrected chi connectivity index (χ0v) is 9.98. The number of nitrogen functional groups attached to an aromatic ring is 1. The number of rotatable bonds is 1. The maximum absolute atomic E-state index is 13.8. The van der Waals surface area contributed by atoms with Crippen molar-refractivity contribution in [3.8, 4) is 11.1 Å². The van der Waals surface area contributed by atoms with Crippen molar-refractivity contribution >= 4 is 16.6 Å². The molecule has 0 bridgehead atoms. The molecule has 0 unspecified atom stereocenters. The van der Waals surface area contributed by atoms with Crippen molar-refractivity contribution < 1.29 is 4.39 Å². The van der Waals surface area contributed by atoms with Crippen LogP contribution in [-0.4, -0.2) is 4.98 Å². The number of nitrogens with one attached hydrogen (secondary N) is 1. The number of halogens is 1. The molecule has 4 heteroatoms. The molecule has 0 atom stereocenters. The summed E-state index contributed by atoms with van der Waals surface area (Å²) in [6, 6.07) is 13.3. The number of fused-ring (bicyclic) bond motifs is 1. The number of nitrogens with two attached hydrogens (primary N) is 1. The molecule has 3 rings (SSSR count). The molecule has 3 nitrogen and oxygen atoms in total. The monoisotopic (exact) mass is 254 g/mol. The molecule has 0 saturated carbocycles. The maximum atomic E-state index is 13.8. The average Bonchev–Trinajstić information content (AvgIpc) is 2.41. The molecule has 1 heterocycles. The SMILES string of the molecule is Nc1c(-c2ccccc2F)c(=O)[nH]c2ccccc12. The standard InChI is InChI=1S/C15H11FN2O/c16-11-7-3-1-5-9(11)13-14(17)10-6-2-4-8-12(10)18-15(13)19/h1-8H,(H3,17,18,19). The van der Waals surface area contributed by atoms with E-state index in [1.54, 1.807) is 36.4 Å². The van der Waals surface area contributed by atoms with Gasteiger partial charge in [-0.2, -0.15) is 0 Å². The van der Waals surface area contributed by atoms with Crippen molar-refractivity contribution in [1.82, 2.24) is 4.98 Å². The van der Waals surface area contributed by atoms with Crippen LogP contribution in [0.25, 0.3) is 22.0 Å². The van der Waals surface area contributed by atoms with Crippen LogP contribution in [0.5, 0.6) is 0 Å². The van der Waals surface area contributed by atoms with Crippen LogP contribution in [0.1, 0.15) is 0 Å². The first-order valence-electron chi connectivity index (χ1n) is 5.84. The summed E-state index contributed by atoms with van der Waals surface area (Å²) >= 11 is 0. The maximum Gasteiger partial charge on any atom is 0.258 e.